The number of rotatable bonds is 5. The van der Waals surface area contributed by atoms with E-state index in [9.17, 15) is 8.78 Å². The summed E-state index contributed by atoms with van der Waals surface area (Å²) >= 11 is 0. The van der Waals surface area contributed by atoms with E-state index in [2.05, 4.69) is 5.32 Å². The monoisotopic (exact) mass is 215 g/mol. The molecule has 0 saturated heterocycles. The van der Waals surface area contributed by atoms with Gasteiger partial charge in [-0.3, -0.25) is 0 Å². The van der Waals surface area contributed by atoms with Crippen LogP contribution in [0, 0.1) is 11.6 Å². The van der Waals surface area contributed by atoms with E-state index in [1.54, 1.807) is 7.05 Å². The van der Waals surface area contributed by atoms with Gasteiger partial charge in [0.25, 0.3) is 0 Å². The van der Waals surface area contributed by atoms with Gasteiger partial charge in [0.05, 0.1) is 12.6 Å². The molecule has 4 heteroatoms. The van der Waals surface area contributed by atoms with Crippen LogP contribution < -0.4 is 5.32 Å². The van der Waals surface area contributed by atoms with Gasteiger partial charge in [-0.25, -0.2) is 8.78 Å². The average molecular weight is 215 g/mol. The van der Waals surface area contributed by atoms with Crippen LogP contribution in [0.15, 0.2) is 18.2 Å². The van der Waals surface area contributed by atoms with Crippen molar-refractivity contribution in [3.05, 3.63) is 35.4 Å². The number of hydrogen-bond acceptors (Lipinski definition) is 2. The van der Waals surface area contributed by atoms with Crippen LogP contribution in [0.25, 0.3) is 0 Å². The number of ether oxygens (including phenoxy) is 1. The number of nitrogens with one attached hydrogen (secondary N) is 1. The Morgan fingerprint density at radius 1 is 1.40 bits per heavy atom. The normalized spacial score (nSPS) is 12.8. The number of hydrogen-bond donors (Lipinski definition) is 1. The molecule has 0 radical (unpaired) electrons. The Bertz CT molecular complexity index is 317. The van der Waals surface area contributed by atoms with Gasteiger partial charge in [0.2, 0.25) is 0 Å². The van der Waals surface area contributed by atoms with Crippen LogP contribution >= 0.6 is 0 Å². The van der Waals surface area contributed by atoms with Gasteiger partial charge in [-0.05, 0) is 20.0 Å². The van der Waals surface area contributed by atoms with E-state index in [1.165, 1.54) is 12.1 Å². The topological polar surface area (TPSA) is 21.3 Å². The number of likely N-dealkylation sites (N-methyl/N-ethyl adjacent to an activating group) is 1. The van der Waals surface area contributed by atoms with Gasteiger partial charge in [0.15, 0.2) is 0 Å². The van der Waals surface area contributed by atoms with Crippen molar-refractivity contribution in [1.29, 1.82) is 0 Å². The highest BCUT2D eigenvalue weighted by molar-refractivity contribution is 5.22. The van der Waals surface area contributed by atoms with Crippen molar-refractivity contribution in [3.63, 3.8) is 0 Å². The predicted molar refractivity (Wildman–Crippen MR) is 54.7 cm³/mol. The fourth-order valence-electron chi connectivity index (χ4n) is 1.35. The lowest BCUT2D eigenvalue weighted by atomic mass is 10.1. The van der Waals surface area contributed by atoms with Crippen molar-refractivity contribution in [2.24, 2.45) is 0 Å². The summed E-state index contributed by atoms with van der Waals surface area (Å²) in [6.45, 7) is 2.81. The van der Waals surface area contributed by atoms with Crippen LogP contribution in [0.2, 0.25) is 0 Å². The molecule has 1 N–H and O–H groups in total. The molecule has 0 aliphatic carbocycles. The van der Waals surface area contributed by atoms with Crippen molar-refractivity contribution in [2.45, 2.75) is 13.0 Å². The minimum Gasteiger partial charge on any atom is -0.380 e. The second-order valence-corrected chi connectivity index (χ2v) is 3.17. The highest BCUT2D eigenvalue weighted by atomic mass is 19.1. The van der Waals surface area contributed by atoms with Crippen molar-refractivity contribution < 1.29 is 13.5 Å². The molecule has 0 aliphatic heterocycles. The minimum absolute atomic E-state index is 0.245. The van der Waals surface area contributed by atoms with E-state index in [-0.39, 0.29) is 6.04 Å². The van der Waals surface area contributed by atoms with Gasteiger partial charge in [-0.1, -0.05) is 6.07 Å². The Morgan fingerprint density at radius 3 is 2.67 bits per heavy atom. The lowest BCUT2D eigenvalue weighted by Crippen LogP contribution is -2.23. The zero-order chi connectivity index (χ0) is 11.3. The van der Waals surface area contributed by atoms with Gasteiger partial charge in [-0.2, -0.15) is 0 Å². The standard InChI is InChI=1S/C11H15F2NO/c1-3-15-7-11(14-2)9-5-4-8(12)6-10(9)13/h4-6,11,14H,3,7H2,1-2H3. The van der Waals surface area contributed by atoms with Crippen LogP contribution in [0.1, 0.15) is 18.5 Å². The molecule has 1 aromatic rings. The second kappa shape index (κ2) is 5.78. The minimum atomic E-state index is -0.567. The Morgan fingerprint density at radius 2 is 2.13 bits per heavy atom. The summed E-state index contributed by atoms with van der Waals surface area (Å²) in [5.74, 6) is -1.11. The quantitative estimate of drug-likeness (QED) is 0.813. The molecule has 0 saturated carbocycles. The third-order valence-electron chi connectivity index (χ3n) is 2.18. The second-order valence-electron chi connectivity index (χ2n) is 3.17. The molecule has 1 rings (SSSR count). The fraction of sp³-hybridized carbons (Fsp3) is 0.455. The first-order valence-electron chi connectivity index (χ1n) is 4.89. The van der Waals surface area contributed by atoms with E-state index in [1.807, 2.05) is 6.92 Å². The predicted octanol–water partition coefficient (Wildman–Crippen LogP) is 2.26. The van der Waals surface area contributed by atoms with Crippen LogP contribution in [-0.2, 0) is 4.74 Å². The molecule has 15 heavy (non-hydrogen) atoms. The summed E-state index contributed by atoms with van der Waals surface area (Å²) in [6.07, 6.45) is 0. The lowest BCUT2D eigenvalue weighted by Gasteiger charge is -2.16. The maximum atomic E-state index is 13.4. The third kappa shape index (κ3) is 3.25. The molecule has 0 amide bonds. The molecule has 1 aromatic carbocycles. The van der Waals surface area contributed by atoms with Crippen LogP contribution in [-0.4, -0.2) is 20.3 Å². The molecule has 0 spiro atoms. The third-order valence-corrected chi connectivity index (χ3v) is 2.18. The summed E-state index contributed by atoms with van der Waals surface area (Å²) in [4.78, 5) is 0. The number of benzene rings is 1. The maximum absolute atomic E-state index is 13.4. The first-order valence-corrected chi connectivity index (χ1v) is 4.89. The molecule has 1 atom stereocenters. The Hall–Kier alpha value is -1.00. The van der Waals surface area contributed by atoms with Crippen LogP contribution in [0.4, 0.5) is 8.78 Å². The first kappa shape index (κ1) is 12.1. The molecule has 0 aromatic heterocycles. The fourth-order valence-corrected chi connectivity index (χ4v) is 1.35. The highest BCUT2D eigenvalue weighted by Gasteiger charge is 2.14. The first-order chi connectivity index (χ1) is 7.19. The van der Waals surface area contributed by atoms with Crippen LogP contribution in [0.5, 0.6) is 0 Å². The molecular weight excluding hydrogens is 200 g/mol. The van der Waals surface area contributed by atoms with E-state index in [0.29, 0.717) is 18.8 Å². The summed E-state index contributed by atoms with van der Waals surface area (Å²) in [6, 6.07) is 3.32. The van der Waals surface area contributed by atoms with Crippen molar-refractivity contribution in [1.82, 2.24) is 5.32 Å². The van der Waals surface area contributed by atoms with E-state index in [0.717, 1.165) is 6.07 Å². The molecule has 0 bridgehead atoms. The zero-order valence-corrected chi connectivity index (χ0v) is 8.89. The lowest BCUT2D eigenvalue weighted by molar-refractivity contribution is 0.124. The van der Waals surface area contributed by atoms with Gasteiger partial charge in [0, 0.05) is 18.2 Å². The van der Waals surface area contributed by atoms with Crippen molar-refractivity contribution >= 4 is 0 Å². The summed E-state index contributed by atoms with van der Waals surface area (Å²) in [5, 5.41) is 2.93. The average Bonchev–Trinajstić information content (AvgIpc) is 2.21. The maximum Gasteiger partial charge on any atom is 0.130 e. The van der Waals surface area contributed by atoms with E-state index < -0.39 is 11.6 Å². The highest BCUT2D eigenvalue weighted by Crippen LogP contribution is 2.18. The SMILES string of the molecule is CCOCC(NC)c1ccc(F)cc1F. The van der Waals surface area contributed by atoms with E-state index >= 15 is 0 Å². The van der Waals surface area contributed by atoms with Gasteiger partial charge in [-0.15, -0.1) is 0 Å². The summed E-state index contributed by atoms with van der Waals surface area (Å²) in [7, 11) is 1.71. The largest absolute Gasteiger partial charge is 0.380 e. The molecule has 0 heterocycles. The van der Waals surface area contributed by atoms with Gasteiger partial charge < -0.3 is 10.1 Å². The summed E-state index contributed by atoms with van der Waals surface area (Å²) < 4.78 is 31.3. The number of halogens is 2. The Balaban J connectivity index is 2.81. The molecular formula is C11H15F2NO. The smallest absolute Gasteiger partial charge is 0.130 e. The Labute approximate surface area is 88.3 Å². The van der Waals surface area contributed by atoms with Gasteiger partial charge in [0.1, 0.15) is 11.6 Å². The molecule has 0 aliphatic rings. The molecule has 1 unspecified atom stereocenters. The molecule has 84 valence electrons. The van der Waals surface area contributed by atoms with Crippen LogP contribution in [0.3, 0.4) is 0 Å². The Kier molecular flexibility index (Phi) is 4.65. The molecule has 2 nitrogen and oxygen atoms in total. The van der Waals surface area contributed by atoms with Crippen molar-refractivity contribution in [3.8, 4) is 0 Å². The zero-order valence-electron chi connectivity index (χ0n) is 8.89. The van der Waals surface area contributed by atoms with Gasteiger partial charge >= 0.3 is 0 Å². The molecule has 0 fully saturated rings. The summed E-state index contributed by atoms with van der Waals surface area (Å²) in [5.41, 5.74) is 0.423. The van der Waals surface area contributed by atoms with Crippen molar-refractivity contribution in [2.75, 3.05) is 20.3 Å². The van der Waals surface area contributed by atoms with E-state index in [4.69, 9.17) is 4.74 Å².